The number of para-hydroxylation sites is 1. The summed E-state index contributed by atoms with van der Waals surface area (Å²) in [6.07, 6.45) is -4.52. The molecule has 1 aliphatic rings. The Bertz CT molecular complexity index is 1410. The van der Waals surface area contributed by atoms with Gasteiger partial charge in [0.25, 0.3) is 0 Å². The fraction of sp³-hybridized carbons (Fsp3) is 0.321. The van der Waals surface area contributed by atoms with Crippen LogP contribution in [-0.2, 0) is 15.9 Å². The van der Waals surface area contributed by atoms with Gasteiger partial charge >= 0.3 is 6.16 Å². The first-order valence-electron chi connectivity index (χ1n) is 12.2. The number of fused-ring (bicyclic) bond motifs is 2. The molecule has 0 aliphatic carbocycles. The molecule has 0 radical (unpaired) electrons. The number of benzene rings is 3. The summed E-state index contributed by atoms with van der Waals surface area (Å²) in [6.45, 7) is 1.46. The molecule has 3 aromatic carbocycles. The van der Waals surface area contributed by atoms with Crippen LogP contribution in [0.4, 0.5) is 4.79 Å². The number of ether oxygens (including phenoxy) is 3. The Hall–Kier alpha value is -3.47. The lowest BCUT2D eigenvalue weighted by Gasteiger charge is -2.40. The Labute approximate surface area is 213 Å². The molecule has 5 rings (SSSR count). The number of aromatic nitrogens is 1. The molecule has 1 aromatic heterocycles. The summed E-state index contributed by atoms with van der Waals surface area (Å²) in [6, 6.07) is 19.1. The van der Waals surface area contributed by atoms with Crippen LogP contribution in [0.3, 0.4) is 0 Å². The van der Waals surface area contributed by atoms with Crippen molar-refractivity contribution in [3.63, 3.8) is 0 Å². The number of aliphatic hydroxyl groups excluding tert-OH is 4. The largest absolute Gasteiger partial charge is 0.513 e. The maximum Gasteiger partial charge on any atom is 0.513 e. The molecule has 1 aliphatic heterocycles. The van der Waals surface area contributed by atoms with Gasteiger partial charge in [-0.15, -0.1) is 0 Å². The van der Waals surface area contributed by atoms with E-state index < -0.39 is 43.4 Å². The predicted molar refractivity (Wildman–Crippen MR) is 135 cm³/mol. The zero-order valence-corrected chi connectivity index (χ0v) is 20.2. The Morgan fingerprint density at radius 1 is 0.973 bits per heavy atom. The van der Waals surface area contributed by atoms with E-state index >= 15 is 0 Å². The van der Waals surface area contributed by atoms with Crippen molar-refractivity contribution < 1.29 is 39.4 Å². The normalized spacial score (nSPS) is 23.9. The summed E-state index contributed by atoms with van der Waals surface area (Å²) < 4.78 is 17.6. The zero-order chi connectivity index (χ0) is 26.1. The highest BCUT2D eigenvalue weighted by Crippen LogP contribution is 2.34. The minimum atomic E-state index is -1.46. The molecule has 194 valence electrons. The first-order chi connectivity index (χ1) is 17.9. The van der Waals surface area contributed by atoms with E-state index in [1.807, 2.05) is 48.7 Å². The van der Waals surface area contributed by atoms with Gasteiger partial charge < -0.3 is 39.2 Å². The predicted octanol–water partition coefficient (Wildman–Crippen LogP) is 2.89. The number of rotatable bonds is 6. The van der Waals surface area contributed by atoms with Crippen molar-refractivity contribution in [1.29, 1.82) is 0 Å². The van der Waals surface area contributed by atoms with Gasteiger partial charge in [0.05, 0.1) is 18.7 Å². The molecule has 37 heavy (non-hydrogen) atoms. The second kappa shape index (κ2) is 10.5. The average Bonchev–Trinajstić information content (AvgIpc) is 3.26. The van der Waals surface area contributed by atoms with Gasteiger partial charge in [-0.1, -0.05) is 42.5 Å². The number of carbonyl (C=O) groups is 1. The van der Waals surface area contributed by atoms with E-state index in [-0.39, 0.29) is 6.61 Å². The maximum absolute atomic E-state index is 11.6. The van der Waals surface area contributed by atoms with Crippen LogP contribution in [0.2, 0.25) is 0 Å². The van der Waals surface area contributed by atoms with Crippen LogP contribution in [-0.4, -0.2) is 68.8 Å². The van der Waals surface area contributed by atoms with E-state index in [0.717, 1.165) is 32.8 Å². The summed E-state index contributed by atoms with van der Waals surface area (Å²) in [5.74, 6) is 0.404. The summed E-state index contributed by atoms with van der Waals surface area (Å²) in [4.78, 5) is 11.6. The molecule has 0 unspecified atom stereocenters. The fourth-order valence-electron chi connectivity index (χ4n) is 4.85. The number of aliphatic hydroxyl groups is 4. The lowest BCUT2D eigenvalue weighted by molar-refractivity contribution is -0.250. The minimum absolute atomic E-state index is 0.239. The van der Waals surface area contributed by atoms with Crippen molar-refractivity contribution >= 4 is 27.8 Å². The molecule has 0 amide bonds. The fourth-order valence-corrected chi connectivity index (χ4v) is 4.85. The zero-order valence-electron chi connectivity index (χ0n) is 20.2. The highest BCUT2D eigenvalue weighted by Gasteiger charge is 2.44. The number of nitrogens with zero attached hydrogens (tertiary/aromatic N) is 1. The third-order valence-corrected chi connectivity index (χ3v) is 6.70. The Morgan fingerprint density at radius 3 is 2.51 bits per heavy atom. The smallest absolute Gasteiger partial charge is 0.434 e. The topological polar surface area (TPSA) is 131 Å². The molecular formula is C28H29NO8. The van der Waals surface area contributed by atoms with Gasteiger partial charge in [0, 0.05) is 11.6 Å². The van der Waals surface area contributed by atoms with Gasteiger partial charge in [0.1, 0.15) is 30.2 Å². The highest BCUT2D eigenvalue weighted by molar-refractivity contribution is 5.87. The number of carbonyl (C=O) groups excluding carboxylic acids is 1. The van der Waals surface area contributed by atoms with E-state index in [1.165, 1.54) is 0 Å². The van der Waals surface area contributed by atoms with E-state index in [2.05, 4.69) is 6.07 Å². The van der Waals surface area contributed by atoms with Crippen molar-refractivity contribution in [3.05, 3.63) is 78.0 Å². The van der Waals surface area contributed by atoms with Gasteiger partial charge in [0.2, 0.25) is 0 Å². The number of hydrogen-bond acceptors (Lipinski definition) is 8. The molecular weight excluding hydrogens is 478 g/mol. The molecule has 2 heterocycles. The summed E-state index contributed by atoms with van der Waals surface area (Å²) >= 11 is 0. The first-order valence-corrected chi connectivity index (χ1v) is 12.2. The van der Waals surface area contributed by atoms with Crippen molar-refractivity contribution in [2.24, 2.45) is 0 Å². The quantitative estimate of drug-likeness (QED) is 0.232. The van der Waals surface area contributed by atoms with Gasteiger partial charge in [0.15, 0.2) is 6.23 Å². The maximum atomic E-state index is 11.6. The average molecular weight is 508 g/mol. The van der Waals surface area contributed by atoms with Crippen molar-refractivity contribution in [2.45, 2.75) is 44.0 Å². The third kappa shape index (κ3) is 4.92. The third-order valence-electron chi connectivity index (χ3n) is 6.70. The Balaban J connectivity index is 1.44. The molecule has 0 spiro atoms. The van der Waals surface area contributed by atoms with E-state index in [9.17, 15) is 25.2 Å². The van der Waals surface area contributed by atoms with E-state index in [1.54, 1.807) is 23.6 Å². The summed E-state index contributed by atoms with van der Waals surface area (Å²) in [5, 5.41) is 43.6. The van der Waals surface area contributed by atoms with Crippen LogP contribution in [0.15, 0.2) is 66.9 Å². The summed E-state index contributed by atoms with van der Waals surface area (Å²) in [5.41, 5.74) is 2.82. The van der Waals surface area contributed by atoms with Crippen molar-refractivity contribution in [1.82, 2.24) is 4.57 Å². The SMILES string of the molecule is CCOC(=O)Oc1ccc2cc(Cc3cn([C@@H]4O[C@H](CO)[C@@H](O)[C@H](O)[C@H]4O)c4ccccc34)ccc2c1. The molecule has 4 aromatic rings. The van der Waals surface area contributed by atoms with Gasteiger partial charge in [-0.25, -0.2) is 4.79 Å². The van der Waals surface area contributed by atoms with Crippen molar-refractivity contribution in [3.8, 4) is 5.75 Å². The van der Waals surface area contributed by atoms with Crippen molar-refractivity contribution in [2.75, 3.05) is 13.2 Å². The Kier molecular flexibility index (Phi) is 7.14. The molecule has 1 saturated heterocycles. The second-order valence-corrected chi connectivity index (χ2v) is 9.10. The lowest BCUT2D eigenvalue weighted by Crippen LogP contribution is -2.56. The second-order valence-electron chi connectivity index (χ2n) is 9.10. The van der Waals surface area contributed by atoms with Gasteiger partial charge in [-0.3, -0.25) is 0 Å². The minimum Gasteiger partial charge on any atom is -0.434 e. The van der Waals surface area contributed by atoms with Crippen LogP contribution in [0, 0.1) is 0 Å². The van der Waals surface area contributed by atoms with Crippen LogP contribution in [0.5, 0.6) is 5.75 Å². The molecule has 4 N–H and O–H groups in total. The van der Waals surface area contributed by atoms with Gasteiger partial charge in [-0.2, -0.15) is 0 Å². The van der Waals surface area contributed by atoms with Crippen LogP contribution >= 0.6 is 0 Å². The molecule has 5 atom stereocenters. The van der Waals surface area contributed by atoms with E-state index in [0.29, 0.717) is 12.2 Å². The standard InChI is InChI=1S/C28H29NO8/c1-2-35-28(34)36-20-10-9-17-11-16(7-8-18(17)13-20)12-19-14-29(22-6-4-3-5-21(19)22)27-26(33)25(32)24(31)23(15-30)37-27/h3-11,13-14,23-27,30-33H,2,12,15H2,1H3/t23-,24-,25+,26-,27-/m1/s1. The van der Waals surface area contributed by atoms with Gasteiger partial charge in [-0.05, 0) is 53.4 Å². The lowest BCUT2D eigenvalue weighted by atomic mass is 9.98. The molecule has 9 heteroatoms. The Morgan fingerprint density at radius 2 is 1.73 bits per heavy atom. The monoisotopic (exact) mass is 507 g/mol. The van der Waals surface area contributed by atoms with Crippen LogP contribution in [0.25, 0.3) is 21.7 Å². The molecule has 0 bridgehead atoms. The highest BCUT2D eigenvalue weighted by atomic mass is 16.7. The van der Waals surface area contributed by atoms with E-state index in [4.69, 9.17) is 14.2 Å². The first kappa shape index (κ1) is 25.2. The van der Waals surface area contributed by atoms with Crippen LogP contribution in [0.1, 0.15) is 24.3 Å². The number of hydrogen-bond donors (Lipinski definition) is 4. The molecule has 1 fully saturated rings. The van der Waals surface area contributed by atoms with Crippen LogP contribution < -0.4 is 4.74 Å². The summed E-state index contributed by atoms with van der Waals surface area (Å²) in [7, 11) is 0. The molecule has 0 saturated carbocycles. The molecule has 9 nitrogen and oxygen atoms in total.